The maximum absolute atomic E-state index is 12.8. The molecule has 2 fully saturated rings. The predicted octanol–water partition coefficient (Wildman–Crippen LogP) is -0.439. The lowest BCUT2D eigenvalue weighted by Crippen LogP contribution is -2.54. The summed E-state index contributed by atoms with van der Waals surface area (Å²) in [5.74, 6) is 0.0213. The SMILES string of the molecule is CCn1cc(C(=O)N2C[C@@H](O)[C@H](N3CCN(C(C)=O)CC3)C2)c(C)n1. The van der Waals surface area contributed by atoms with Gasteiger partial charge in [-0.15, -0.1) is 0 Å². The number of hydrogen-bond donors (Lipinski definition) is 1. The Labute approximate surface area is 148 Å². The molecule has 1 aromatic rings. The van der Waals surface area contributed by atoms with Crippen molar-refractivity contribution in [1.82, 2.24) is 24.5 Å². The van der Waals surface area contributed by atoms with E-state index in [1.54, 1.807) is 22.7 Å². The van der Waals surface area contributed by atoms with Gasteiger partial charge in [0.05, 0.1) is 23.4 Å². The summed E-state index contributed by atoms with van der Waals surface area (Å²) >= 11 is 0. The number of carbonyl (C=O) groups excluding carboxylic acids is 2. The second-order valence-electron chi connectivity index (χ2n) is 6.87. The molecule has 3 rings (SSSR count). The van der Waals surface area contributed by atoms with Crippen LogP contribution < -0.4 is 0 Å². The number of β-amino-alcohol motifs (C(OH)–C–C–N with tert-alkyl or cyclic N) is 1. The number of aliphatic hydroxyl groups is 1. The van der Waals surface area contributed by atoms with Crippen molar-refractivity contribution in [3.63, 3.8) is 0 Å². The number of aliphatic hydroxyl groups excluding tert-OH is 1. The Bertz CT molecular complexity index is 651. The molecule has 0 bridgehead atoms. The average molecular weight is 349 g/mol. The second kappa shape index (κ2) is 7.13. The van der Waals surface area contributed by atoms with Crippen LogP contribution in [0, 0.1) is 6.92 Å². The van der Waals surface area contributed by atoms with Crippen molar-refractivity contribution in [1.29, 1.82) is 0 Å². The molecule has 0 aliphatic carbocycles. The molecule has 8 nitrogen and oxygen atoms in total. The zero-order valence-electron chi connectivity index (χ0n) is 15.2. The smallest absolute Gasteiger partial charge is 0.257 e. The van der Waals surface area contributed by atoms with Gasteiger partial charge in [-0.1, -0.05) is 0 Å². The first-order valence-electron chi connectivity index (χ1n) is 8.91. The van der Waals surface area contributed by atoms with Gasteiger partial charge in [0.25, 0.3) is 5.91 Å². The lowest BCUT2D eigenvalue weighted by atomic mass is 10.1. The van der Waals surface area contributed by atoms with Crippen LogP contribution in [0.1, 0.15) is 29.9 Å². The number of amides is 2. The van der Waals surface area contributed by atoms with Gasteiger partial charge in [-0.3, -0.25) is 19.2 Å². The van der Waals surface area contributed by atoms with E-state index in [9.17, 15) is 14.7 Å². The van der Waals surface area contributed by atoms with E-state index in [0.29, 0.717) is 31.7 Å². The molecule has 1 N–H and O–H groups in total. The number of aryl methyl sites for hydroxylation is 2. The zero-order valence-corrected chi connectivity index (χ0v) is 15.2. The van der Waals surface area contributed by atoms with E-state index in [1.165, 1.54) is 0 Å². The van der Waals surface area contributed by atoms with Gasteiger partial charge < -0.3 is 14.9 Å². The third-order valence-electron chi connectivity index (χ3n) is 5.28. The summed E-state index contributed by atoms with van der Waals surface area (Å²) in [5, 5.41) is 14.8. The Morgan fingerprint density at radius 1 is 1.20 bits per heavy atom. The number of aromatic nitrogens is 2. The van der Waals surface area contributed by atoms with Crippen molar-refractivity contribution in [3.8, 4) is 0 Å². The number of piperazine rings is 1. The average Bonchev–Trinajstić information content (AvgIpc) is 3.17. The van der Waals surface area contributed by atoms with Crippen LogP contribution in [0.2, 0.25) is 0 Å². The van der Waals surface area contributed by atoms with Crippen LogP contribution in [0.3, 0.4) is 0 Å². The van der Waals surface area contributed by atoms with E-state index < -0.39 is 6.10 Å². The van der Waals surface area contributed by atoms with Crippen molar-refractivity contribution < 1.29 is 14.7 Å². The molecule has 25 heavy (non-hydrogen) atoms. The minimum atomic E-state index is -0.561. The van der Waals surface area contributed by atoms with E-state index in [1.807, 2.05) is 18.7 Å². The quantitative estimate of drug-likeness (QED) is 0.800. The molecule has 138 valence electrons. The highest BCUT2D eigenvalue weighted by molar-refractivity contribution is 5.95. The predicted molar refractivity (Wildman–Crippen MR) is 92.2 cm³/mol. The summed E-state index contributed by atoms with van der Waals surface area (Å²) in [6, 6.07) is -0.0698. The van der Waals surface area contributed by atoms with Gasteiger partial charge in [-0.05, 0) is 13.8 Å². The third kappa shape index (κ3) is 3.55. The molecule has 2 atom stereocenters. The maximum atomic E-state index is 12.8. The lowest BCUT2D eigenvalue weighted by Gasteiger charge is -2.38. The largest absolute Gasteiger partial charge is 0.390 e. The first-order chi connectivity index (χ1) is 11.9. The van der Waals surface area contributed by atoms with Gasteiger partial charge >= 0.3 is 0 Å². The van der Waals surface area contributed by atoms with Gasteiger partial charge in [0.2, 0.25) is 5.91 Å². The van der Waals surface area contributed by atoms with Crippen molar-refractivity contribution in [2.75, 3.05) is 39.3 Å². The molecule has 0 unspecified atom stereocenters. The molecule has 0 saturated carbocycles. The van der Waals surface area contributed by atoms with Crippen molar-refractivity contribution in [3.05, 3.63) is 17.5 Å². The van der Waals surface area contributed by atoms with Crippen molar-refractivity contribution in [2.24, 2.45) is 0 Å². The van der Waals surface area contributed by atoms with Gasteiger partial charge in [0.1, 0.15) is 0 Å². The summed E-state index contributed by atoms with van der Waals surface area (Å²) in [4.78, 5) is 30.0. The highest BCUT2D eigenvalue weighted by Crippen LogP contribution is 2.21. The van der Waals surface area contributed by atoms with E-state index in [2.05, 4.69) is 10.00 Å². The highest BCUT2D eigenvalue weighted by atomic mass is 16.3. The highest BCUT2D eigenvalue weighted by Gasteiger charge is 2.39. The second-order valence-corrected chi connectivity index (χ2v) is 6.87. The molecule has 2 saturated heterocycles. The van der Waals surface area contributed by atoms with Crippen LogP contribution >= 0.6 is 0 Å². The fourth-order valence-corrected chi connectivity index (χ4v) is 3.72. The van der Waals surface area contributed by atoms with Crippen LogP contribution in [0.15, 0.2) is 6.20 Å². The fraction of sp³-hybridized carbons (Fsp3) is 0.706. The molecular weight excluding hydrogens is 322 g/mol. The molecule has 1 aromatic heterocycles. The van der Waals surface area contributed by atoms with Crippen LogP contribution in [-0.2, 0) is 11.3 Å². The monoisotopic (exact) mass is 349 g/mol. The van der Waals surface area contributed by atoms with E-state index in [4.69, 9.17) is 0 Å². The first kappa shape index (κ1) is 17.9. The Kier molecular flexibility index (Phi) is 5.10. The van der Waals surface area contributed by atoms with Gasteiger partial charge in [-0.2, -0.15) is 5.10 Å². The molecule has 2 aliphatic heterocycles. The molecule has 8 heteroatoms. The minimum absolute atomic E-state index is 0.0684. The minimum Gasteiger partial charge on any atom is -0.390 e. The van der Waals surface area contributed by atoms with E-state index in [0.717, 1.165) is 25.3 Å². The lowest BCUT2D eigenvalue weighted by molar-refractivity contribution is -0.131. The number of rotatable bonds is 3. The third-order valence-corrected chi connectivity index (χ3v) is 5.28. The Morgan fingerprint density at radius 2 is 1.88 bits per heavy atom. The summed E-state index contributed by atoms with van der Waals surface area (Å²) in [5.41, 5.74) is 1.33. The van der Waals surface area contributed by atoms with E-state index >= 15 is 0 Å². The number of likely N-dealkylation sites (tertiary alicyclic amines) is 1. The summed E-state index contributed by atoms with van der Waals surface area (Å²) in [7, 11) is 0. The number of nitrogens with zero attached hydrogens (tertiary/aromatic N) is 5. The van der Waals surface area contributed by atoms with Gasteiger partial charge in [0.15, 0.2) is 0 Å². The first-order valence-corrected chi connectivity index (χ1v) is 8.91. The Morgan fingerprint density at radius 3 is 2.44 bits per heavy atom. The number of hydrogen-bond acceptors (Lipinski definition) is 5. The van der Waals surface area contributed by atoms with Crippen molar-refractivity contribution in [2.45, 2.75) is 39.5 Å². The van der Waals surface area contributed by atoms with Crippen LogP contribution in [0.5, 0.6) is 0 Å². The molecule has 0 aromatic carbocycles. The topological polar surface area (TPSA) is 81.9 Å². The molecule has 2 aliphatic rings. The van der Waals surface area contributed by atoms with Crippen LogP contribution in [-0.4, -0.2) is 92.8 Å². The molecule has 0 radical (unpaired) electrons. The molecular formula is C17H27N5O3. The van der Waals surface area contributed by atoms with Crippen molar-refractivity contribution >= 4 is 11.8 Å². The van der Waals surface area contributed by atoms with Gasteiger partial charge in [-0.25, -0.2) is 0 Å². The van der Waals surface area contributed by atoms with Crippen LogP contribution in [0.25, 0.3) is 0 Å². The molecule has 0 spiro atoms. The number of carbonyl (C=O) groups is 2. The van der Waals surface area contributed by atoms with Gasteiger partial charge in [0, 0.05) is 58.9 Å². The summed E-state index contributed by atoms with van der Waals surface area (Å²) in [6.45, 7) is 9.79. The van der Waals surface area contributed by atoms with Crippen LogP contribution in [0.4, 0.5) is 0 Å². The Hall–Kier alpha value is -1.93. The Balaban J connectivity index is 1.64. The maximum Gasteiger partial charge on any atom is 0.257 e. The fourth-order valence-electron chi connectivity index (χ4n) is 3.72. The standard InChI is InChI=1S/C17H27N5O3/c1-4-22-9-14(12(2)18-22)17(25)21-10-15(16(24)11-21)20-7-5-19(6-8-20)13(3)23/h9,15-16,24H,4-8,10-11H2,1-3H3/t15-,16-/m1/s1. The summed E-state index contributed by atoms with van der Waals surface area (Å²) < 4.78 is 1.76. The van der Waals surface area contributed by atoms with E-state index in [-0.39, 0.29) is 17.9 Å². The molecule has 3 heterocycles. The zero-order chi connectivity index (χ0) is 18.1. The summed E-state index contributed by atoms with van der Waals surface area (Å²) in [6.07, 6.45) is 1.22. The molecule has 2 amide bonds. The normalized spacial score (nSPS) is 24.8.